The van der Waals surface area contributed by atoms with Crippen molar-refractivity contribution in [2.45, 2.75) is 26.8 Å². The van der Waals surface area contributed by atoms with Gasteiger partial charge in [-0.15, -0.1) is 0 Å². The number of amides is 1. The van der Waals surface area contributed by atoms with Gasteiger partial charge in [0.25, 0.3) is 5.91 Å². The van der Waals surface area contributed by atoms with Gasteiger partial charge in [-0.25, -0.2) is 4.98 Å². The zero-order valence-corrected chi connectivity index (χ0v) is 18.7. The highest BCUT2D eigenvalue weighted by molar-refractivity contribution is 9.10. The zero-order valence-electron chi connectivity index (χ0n) is 17.1. The molecule has 1 amide bonds. The molecule has 0 bridgehead atoms. The number of benzene rings is 1. The molecule has 0 saturated heterocycles. The first-order chi connectivity index (χ1) is 14.5. The van der Waals surface area contributed by atoms with Gasteiger partial charge in [-0.3, -0.25) is 4.79 Å². The number of aromatic nitrogens is 2. The van der Waals surface area contributed by atoms with Crippen molar-refractivity contribution >= 4 is 27.5 Å². The number of nitrogen functional groups attached to an aromatic ring is 1. The van der Waals surface area contributed by atoms with E-state index in [9.17, 15) is 4.79 Å². The summed E-state index contributed by atoms with van der Waals surface area (Å²) in [6.45, 7) is 4.40. The molecule has 0 radical (unpaired) electrons. The third-order valence-corrected chi connectivity index (χ3v) is 6.22. The van der Waals surface area contributed by atoms with Crippen LogP contribution in [-0.4, -0.2) is 22.5 Å². The van der Waals surface area contributed by atoms with E-state index in [0.29, 0.717) is 17.9 Å². The smallest absolute Gasteiger partial charge is 0.269 e. The van der Waals surface area contributed by atoms with E-state index >= 15 is 0 Å². The van der Waals surface area contributed by atoms with Crippen LogP contribution in [0.5, 0.6) is 0 Å². The molecule has 0 saturated carbocycles. The topological polar surface area (TPSA) is 86.1 Å². The van der Waals surface area contributed by atoms with Gasteiger partial charge in [0.05, 0.1) is 24.8 Å². The van der Waals surface area contributed by atoms with Crippen molar-refractivity contribution in [3.05, 3.63) is 70.1 Å². The van der Waals surface area contributed by atoms with E-state index in [2.05, 4.69) is 26.2 Å². The van der Waals surface area contributed by atoms with E-state index in [1.165, 1.54) is 0 Å². The molecule has 0 spiro atoms. The summed E-state index contributed by atoms with van der Waals surface area (Å²) in [5, 5.41) is 2.74. The fraction of sp³-hybridized carbons (Fsp3) is 0.217. The van der Waals surface area contributed by atoms with Crippen molar-refractivity contribution in [1.29, 1.82) is 0 Å². The monoisotopic (exact) mass is 466 g/mol. The maximum absolute atomic E-state index is 12.6. The van der Waals surface area contributed by atoms with Gasteiger partial charge >= 0.3 is 0 Å². The Morgan fingerprint density at radius 2 is 2.00 bits per heavy atom. The van der Waals surface area contributed by atoms with Crippen LogP contribution in [0.2, 0.25) is 0 Å². The fourth-order valence-electron chi connectivity index (χ4n) is 4.01. The van der Waals surface area contributed by atoms with Gasteiger partial charge in [0.15, 0.2) is 0 Å². The van der Waals surface area contributed by atoms with Crippen molar-refractivity contribution < 1.29 is 9.21 Å². The lowest BCUT2D eigenvalue weighted by Crippen LogP contribution is -2.23. The quantitative estimate of drug-likeness (QED) is 0.410. The number of hydrogen-bond donors (Lipinski definition) is 2. The molecule has 3 N–H and O–H groups in total. The Hall–Kier alpha value is -3.06. The molecule has 154 valence electrons. The summed E-state index contributed by atoms with van der Waals surface area (Å²) in [7, 11) is 1.64. The molecule has 0 fully saturated rings. The van der Waals surface area contributed by atoms with Crippen LogP contribution in [0.4, 0.5) is 5.69 Å². The molecule has 6 nitrogen and oxygen atoms in total. The molecule has 1 aromatic heterocycles. The SMILES string of the molecule is CCc1nc(C)c(C(=O)NC)n1Cc1c2ccocc-2c(Br)c1-c1ccccc1N. The van der Waals surface area contributed by atoms with Crippen LogP contribution >= 0.6 is 15.9 Å². The summed E-state index contributed by atoms with van der Waals surface area (Å²) in [6.07, 6.45) is 4.11. The van der Waals surface area contributed by atoms with E-state index in [1.54, 1.807) is 19.6 Å². The van der Waals surface area contributed by atoms with E-state index in [-0.39, 0.29) is 5.91 Å². The average molecular weight is 467 g/mol. The number of hydrogen-bond acceptors (Lipinski definition) is 4. The van der Waals surface area contributed by atoms with Crippen LogP contribution in [0, 0.1) is 6.92 Å². The number of fused-ring (bicyclic) bond motifs is 1. The predicted octanol–water partition coefficient (Wildman–Crippen LogP) is 4.87. The lowest BCUT2D eigenvalue weighted by atomic mass is 10.0. The standard InChI is InChI=1S/C23H23BrN4O2/c1-4-19-27-13(2)22(23(29)26-3)28(19)11-16-14-9-10-30-12-17(14)21(24)20(16)15-7-5-6-8-18(15)25/h5-10,12H,4,11,25H2,1-3H3,(H,26,29). The number of para-hydroxylation sites is 1. The second kappa shape index (κ2) is 7.99. The molecule has 2 heterocycles. The minimum atomic E-state index is -0.148. The Bertz CT molecular complexity index is 1210. The van der Waals surface area contributed by atoms with E-state index in [0.717, 1.165) is 50.2 Å². The van der Waals surface area contributed by atoms with Crippen LogP contribution < -0.4 is 11.1 Å². The normalized spacial score (nSPS) is 11.2. The third-order valence-electron chi connectivity index (χ3n) is 5.40. The van der Waals surface area contributed by atoms with Crippen LogP contribution in [-0.2, 0) is 13.0 Å². The summed E-state index contributed by atoms with van der Waals surface area (Å²) >= 11 is 3.77. The molecular formula is C23H23BrN4O2. The van der Waals surface area contributed by atoms with Gasteiger partial charge in [0.1, 0.15) is 11.5 Å². The molecule has 0 unspecified atom stereocenters. The minimum Gasteiger partial charge on any atom is -0.472 e. The molecule has 1 aliphatic heterocycles. The number of halogens is 1. The highest BCUT2D eigenvalue weighted by Crippen LogP contribution is 2.47. The van der Waals surface area contributed by atoms with E-state index in [1.807, 2.05) is 48.7 Å². The van der Waals surface area contributed by atoms with Gasteiger partial charge in [-0.1, -0.05) is 25.1 Å². The first kappa shape index (κ1) is 20.2. The number of carbonyl (C=O) groups is 1. The number of nitrogens with one attached hydrogen (secondary N) is 1. The number of rotatable bonds is 5. The van der Waals surface area contributed by atoms with Crippen molar-refractivity contribution in [2.75, 3.05) is 12.8 Å². The second-order valence-electron chi connectivity index (χ2n) is 7.12. The first-order valence-corrected chi connectivity index (χ1v) is 10.6. The van der Waals surface area contributed by atoms with E-state index < -0.39 is 0 Å². The molecular weight excluding hydrogens is 444 g/mol. The van der Waals surface area contributed by atoms with Gasteiger partial charge in [-0.05, 0) is 46.1 Å². The van der Waals surface area contributed by atoms with Crippen LogP contribution in [0.15, 0.2) is 51.7 Å². The molecule has 1 aromatic carbocycles. The molecule has 0 atom stereocenters. The Balaban J connectivity index is 1.99. The lowest BCUT2D eigenvalue weighted by molar-refractivity contribution is 0.0953. The molecule has 7 heteroatoms. The minimum absolute atomic E-state index is 0.148. The van der Waals surface area contributed by atoms with Crippen molar-refractivity contribution in [2.24, 2.45) is 0 Å². The van der Waals surface area contributed by atoms with Gasteiger partial charge in [0, 0.05) is 40.3 Å². The maximum atomic E-state index is 12.6. The second-order valence-corrected chi connectivity index (χ2v) is 7.91. The van der Waals surface area contributed by atoms with Crippen molar-refractivity contribution in [1.82, 2.24) is 14.9 Å². The van der Waals surface area contributed by atoms with Crippen LogP contribution in [0.3, 0.4) is 0 Å². The summed E-state index contributed by atoms with van der Waals surface area (Å²) in [6, 6.07) is 9.74. The summed E-state index contributed by atoms with van der Waals surface area (Å²) in [5.74, 6) is 0.717. The van der Waals surface area contributed by atoms with Crippen LogP contribution in [0.25, 0.3) is 22.3 Å². The molecule has 2 aliphatic rings. The average Bonchev–Trinajstić information content (AvgIpc) is 3.22. The fourth-order valence-corrected chi connectivity index (χ4v) is 4.77. The Morgan fingerprint density at radius 1 is 1.23 bits per heavy atom. The Kier molecular flexibility index (Phi) is 5.39. The lowest BCUT2D eigenvalue weighted by Gasteiger charge is -2.14. The Labute approximate surface area is 183 Å². The van der Waals surface area contributed by atoms with E-state index in [4.69, 9.17) is 10.2 Å². The number of imidazole rings is 1. The summed E-state index contributed by atoms with van der Waals surface area (Å²) < 4.78 is 8.36. The summed E-state index contributed by atoms with van der Waals surface area (Å²) in [4.78, 5) is 17.3. The third kappa shape index (κ3) is 3.19. The molecule has 2 aromatic rings. The maximum Gasteiger partial charge on any atom is 0.269 e. The van der Waals surface area contributed by atoms with Gasteiger partial charge in [0.2, 0.25) is 0 Å². The van der Waals surface area contributed by atoms with Gasteiger partial charge < -0.3 is 20.0 Å². The van der Waals surface area contributed by atoms with Crippen molar-refractivity contribution in [3.63, 3.8) is 0 Å². The van der Waals surface area contributed by atoms with Gasteiger partial charge in [-0.2, -0.15) is 0 Å². The number of carbonyl (C=O) groups excluding carboxylic acids is 1. The highest BCUT2D eigenvalue weighted by Gasteiger charge is 2.27. The van der Waals surface area contributed by atoms with Crippen LogP contribution in [0.1, 0.15) is 34.5 Å². The predicted molar refractivity (Wildman–Crippen MR) is 122 cm³/mol. The molecule has 1 aliphatic carbocycles. The largest absolute Gasteiger partial charge is 0.472 e. The molecule has 30 heavy (non-hydrogen) atoms. The number of aryl methyl sites for hydroxylation is 2. The first-order valence-electron chi connectivity index (χ1n) is 9.77. The number of nitrogens with two attached hydrogens (primary N) is 1. The Morgan fingerprint density at radius 3 is 2.70 bits per heavy atom. The van der Waals surface area contributed by atoms with Crippen molar-refractivity contribution in [3.8, 4) is 22.3 Å². The summed E-state index contributed by atoms with van der Waals surface area (Å²) in [5.41, 5.74) is 13.3. The number of nitrogens with zero attached hydrogens (tertiary/aromatic N) is 2. The zero-order chi connectivity index (χ0) is 21.4. The number of anilines is 1. The molecule has 4 rings (SSSR count). The highest BCUT2D eigenvalue weighted by atomic mass is 79.9.